The Hall–Kier alpha value is -0.380. The van der Waals surface area contributed by atoms with Crippen molar-refractivity contribution in [2.24, 2.45) is 5.41 Å². The van der Waals surface area contributed by atoms with Gasteiger partial charge in [-0.15, -0.1) is 11.3 Å². The summed E-state index contributed by atoms with van der Waals surface area (Å²) >= 11 is 5.51. The van der Waals surface area contributed by atoms with E-state index in [0.717, 1.165) is 6.54 Å². The van der Waals surface area contributed by atoms with Crippen molar-refractivity contribution in [2.75, 3.05) is 6.54 Å². The highest BCUT2D eigenvalue weighted by molar-refractivity contribution is 9.10. The molecule has 1 unspecified atom stereocenters. The molecule has 0 aliphatic rings. The molecule has 0 aliphatic heterocycles. The molecule has 0 aliphatic carbocycles. The lowest BCUT2D eigenvalue weighted by Crippen LogP contribution is -2.34. The molecule has 0 bridgehead atoms. The Bertz CT molecular complexity index is 573. The van der Waals surface area contributed by atoms with Crippen LogP contribution in [0.2, 0.25) is 0 Å². The fourth-order valence-corrected chi connectivity index (χ4v) is 4.21. The van der Waals surface area contributed by atoms with Crippen LogP contribution < -0.4 is 5.32 Å². The van der Waals surface area contributed by atoms with Gasteiger partial charge in [0.25, 0.3) is 0 Å². The van der Waals surface area contributed by atoms with Crippen molar-refractivity contribution in [3.8, 4) is 0 Å². The number of rotatable bonds is 6. The number of hydrogen-bond acceptors (Lipinski definition) is 2. The Kier molecular flexibility index (Phi) is 5.27. The summed E-state index contributed by atoms with van der Waals surface area (Å²) in [5.41, 5.74) is 1.71. The third-order valence-electron chi connectivity index (χ3n) is 4.18. The van der Waals surface area contributed by atoms with Crippen molar-refractivity contribution in [1.29, 1.82) is 0 Å². The van der Waals surface area contributed by atoms with Crippen LogP contribution in [0.1, 0.15) is 52.1 Å². The van der Waals surface area contributed by atoms with Gasteiger partial charge in [0.05, 0.1) is 0 Å². The Morgan fingerprint density at radius 1 is 1.30 bits per heavy atom. The lowest BCUT2D eigenvalue weighted by molar-refractivity contribution is 0.236. The minimum Gasteiger partial charge on any atom is -0.309 e. The van der Waals surface area contributed by atoms with Crippen LogP contribution in [-0.2, 0) is 0 Å². The zero-order chi connectivity index (χ0) is 14.8. The topological polar surface area (TPSA) is 12.0 Å². The average molecular weight is 354 g/mol. The highest BCUT2D eigenvalue weighted by Gasteiger charge is 2.30. The first-order valence-corrected chi connectivity index (χ1v) is 9.07. The molecule has 1 aromatic heterocycles. The van der Waals surface area contributed by atoms with Gasteiger partial charge in [0.1, 0.15) is 0 Å². The standard InChI is InChI=1S/C17H24BrNS/c1-5-10-19-16(17(3,4)6-2)13-11-20-15-12(13)8-7-9-14(15)18/h7-9,11,16,19H,5-6,10H2,1-4H3. The van der Waals surface area contributed by atoms with E-state index in [1.807, 2.05) is 11.3 Å². The molecule has 1 N–H and O–H groups in total. The van der Waals surface area contributed by atoms with Crippen LogP contribution in [0.4, 0.5) is 0 Å². The van der Waals surface area contributed by atoms with E-state index in [1.54, 1.807) is 0 Å². The molecule has 1 heterocycles. The van der Waals surface area contributed by atoms with Gasteiger partial charge in [-0.1, -0.05) is 39.8 Å². The Labute approximate surface area is 134 Å². The largest absolute Gasteiger partial charge is 0.309 e. The molecule has 0 amide bonds. The lowest BCUT2D eigenvalue weighted by atomic mass is 9.78. The zero-order valence-corrected chi connectivity index (χ0v) is 15.2. The summed E-state index contributed by atoms with van der Waals surface area (Å²) in [6, 6.07) is 6.93. The molecule has 2 rings (SSSR count). The van der Waals surface area contributed by atoms with Crippen molar-refractivity contribution >= 4 is 37.4 Å². The molecule has 20 heavy (non-hydrogen) atoms. The monoisotopic (exact) mass is 353 g/mol. The first kappa shape index (κ1) is 16.0. The van der Waals surface area contributed by atoms with E-state index in [9.17, 15) is 0 Å². The SMILES string of the molecule is CCCNC(c1csc2c(Br)cccc12)C(C)(C)CC. The minimum absolute atomic E-state index is 0.255. The summed E-state index contributed by atoms with van der Waals surface area (Å²) < 4.78 is 2.56. The number of halogens is 1. The van der Waals surface area contributed by atoms with Crippen LogP contribution >= 0.6 is 27.3 Å². The van der Waals surface area contributed by atoms with Gasteiger partial charge < -0.3 is 5.32 Å². The summed E-state index contributed by atoms with van der Waals surface area (Å²) in [6.07, 6.45) is 2.34. The number of thiophene rings is 1. The van der Waals surface area contributed by atoms with E-state index < -0.39 is 0 Å². The molecule has 2 aromatic rings. The molecular weight excluding hydrogens is 330 g/mol. The molecule has 1 nitrogen and oxygen atoms in total. The predicted octanol–water partition coefficient (Wildman–Crippen LogP) is 6.14. The third-order valence-corrected chi connectivity index (χ3v) is 6.15. The van der Waals surface area contributed by atoms with Crippen molar-refractivity contribution < 1.29 is 0 Å². The molecule has 0 spiro atoms. The molecule has 1 atom stereocenters. The van der Waals surface area contributed by atoms with E-state index in [0.29, 0.717) is 6.04 Å². The van der Waals surface area contributed by atoms with E-state index in [1.165, 1.54) is 33.0 Å². The van der Waals surface area contributed by atoms with Crippen LogP contribution in [0.5, 0.6) is 0 Å². The number of hydrogen-bond donors (Lipinski definition) is 1. The highest BCUT2D eigenvalue weighted by atomic mass is 79.9. The van der Waals surface area contributed by atoms with Crippen molar-refractivity contribution in [3.63, 3.8) is 0 Å². The third kappa shape index (κ3) is 3.10. The summed E-state index contributed by atoms with van der Waals surface area (Å²) in [5.74, 6) is 0. The molecule has 0 saturated carbocycles. The maximum absolute atomic E-state index is 3.77. The van der Waals surface area contributed by atoms with Gasteiger partial charge in [-0.2, -0.15) is 0 Å². The summed E-state index contributed by atoms with van der Waals surface area (Å²) in [4.78, 5) is 0. The fourth-order valence-electron chi connectivity index (χ4n) is 2.57. The molecule has 0 saturated heterocycles. The van der Waals surface area contributed by atoms with Gasteiger partial charge >= 0.3 is 0 Å². The highest BCUT2D eigenvalue weighted by Crippen LogP contribution is 2.42. The normalized spacial score (nSPS) is 13.8. The van der Waals surface area contributed by atoms with Crippen LogP contribution in [0.25, 0.3) is 10.1 Å². The second-order valence-electron chi connectivity index (χ2n) is 6.04. The van der Waals surface area contributed by atoms with Gasteiger partial charge in [-0.05, 0) is 63.1 Å². The van der Waals surface area contributed by atoms with E-state index in [2.05, 4.69) is 72.5 Å². The van der Waals surface area contributed by atoms with Crippen molar-refractivity contribution in [2.45, 2.75) is 46.6 Å². The van der Waals surface area contributed by atoms with Crippen molar-refractivity contribution in [1.82, 2.24) is 5.32 Å². The van der Waals surface area contributed by atoms with Crippen LogP contribution in [0.15, 0.2) is 28.1 Å². The maximum Gasteiger partial charge on any atom is 0.0488 e. The quantitative estimate of drug-likeness (QED) is 0.657. The average Bonchev–Trinajstić information content (AvgIpc) is 2.84. The second-order valence-corrected chi connectivity index (χ2v) is 7.77. The summed E-state index contributed by atoms with van der Waals surface area (Å²) in [5, 5.41) is 7.49. The fraction of sp³-hybridized carbons (Fsp3) is 0.529. The van der Waals surface area contributed by atoms with Crippen LogP contribution in [0, 0.1) is 5.41 Å². The van der Waals surface area contributed by atoms with Crippen LogP contribution in [-0.4, -0.2) is 6.54 Å². The van der Waals surface area contributed by atoms with E-state index in [4.69, 9.17) is 0 Å². The van der Waals surface area contributed by atoms with Gasteiger partial charge in [-0.3, -0.25) is 0 Å². The smallest absolute Gasteiger partial charge is 0.0488 e. The molecule has 0 radical (unpaired) electrons. The summed E-state index contributed by atoms with van der Waals surface area (Å²) in [7, 11) is 0. The van der Waals surface area contributed by atoms with Gasteiger partial charge in [-0.25, -0.2) is 0 Å². The van der Waals surface area contributed by atoms with Crippen molar-refractivity contribution in [3.05, 3.63) is 33.6 Å². The van der Waals surface area contributed by atoms with Gasteiger partial charge in [0.15, 0.2) is 0 Å². The maximum atomic E-state index is 3.77. The minimum atomic E-state index is 0.255. The predicted molar refractivity (Wildman–Crippen MR) is 94.6 cm³/mol. The first-order chi connectivity index (χ1) is 9.51. The summed E-state index contributed by atoms with van der Waals surface area (Å²) in [6.45, 7) is 10.3. The Balaban J connectivity index is 2.48. The van der Waals surface area contributed by atoms with Gasteiger partial charge in [0.2, 0.25) is 0 Å². The molecule has 1 aromatic carbocycles. The van der Waals surface area contributed by atoms with E-state index in [-0.39, 0.29) is 5.41 Å². The number of benzene rings is 1. The molecular formula is C17H24BrNS. The first-order valence-electron chi connectivity index (χ1n) is 7.40. The number of fused-ring (bicyclic) bond motifs is 1. The molecule has 3 heteroatoms. The molecule has 110 valence electrons. The second kappa shape index (κ2) is 6.59. The van der Waals surface area contributed by atoms with Crippen LogP contribution in [0.3, 0.4) is 0 Å². The molecule has 0 fully saturated rings. The lowest BCUT2D eigenvalue weighted by Gasteiger charge is -2.34. The zero-order valence-electron chi connectivity index (χ0n) is 12.8. The van der Waals surface area contributed by atoms with E-state index >= 15 is 0 Å². The number of nitrogens with one attached hydrogen (secondary N) is 1. The Morgan fingerprint density at radius 2 is 2.05 bits per heavy atom. The Morgan fingerprint density at radius 3 is 2.70 bits per heavy atom. The van der Waals surface area contributed by atoms with Gasteiger partial charge in [0, 0.05) is 15.2 Å².